The van der Waals surface area contributed by atoms with Crippen molar-refractivity contribution in [2.24, 2.45) is 11.3 Å². The zero-order valence-corrected chi connectivity index (χ0v) is 10.1. The van der Waals surface area contributed by atoms with E-state index >= 15 is 0 Å². The number of carbonyl (C=O) groups excluding carboxylic acids is 1. The molecule has 17 heavy (non-hydrogen) atoms. The Balaban J connectivity index is 2.04. The van der Waals surface area contributed by atoms with Crippen molar-refractivity contribution in [1.82, 2.24) is 4.90 Å². The number of hydrogen-bond acceptors (Lipinski definition) is 3. The third kappa shape index (κ3) is 1.92. The van der Waals surface area contributed by atoms with Gasteiger partial charge in [-0.05, 0) is 26.2 Å². The molecule has 1 amide bonds. The summed E-state index contributed by atoms with van der Waals surface area (Å²) in [6.45, 7) is 2.78. The maximum absolute atomic E-state index is 12.2. The van der Waals surface area contributed by atoms with Crippen molar-refractivity contribution in [2.75, 3.05) is 13.1 Å². The Morgan fingerprint density at radius 1 is 1.41 bits per heavy atom. The molecule has 0 aromatic carbocycles. The highest BCUT2D eigenvalue weighted by Gasteiger charge is 2.53. The summed E-state index contributed by atoms with van der Waals surface area (Å²) >= 11 is 0. The SMILES string of the molecule is CC(O)C1CCN(C(=O)C2(C(=O)O)CCC2)C1. The van der Waals surface area contributed by atoms with Crippen LogP contribution in [-0.2, 0) is 9.59 Å². The van der Waals surface area contributed by atoms with Crippen LogP contribution < -0.4 is 0 Å². The van der Waals surface area contributed by atoms with Gasteiger partial charge in [0.25, 0.3) is 0 Å². The first-order valence-electron chi connectivity index (χ1n) is 6.18. The first-order valence-corrected chi connectivity index (χ1v) is 6.18. The highest BCUT2D eigenvalue weighted by atomic mass is 16.4. The monoisotopic (exact) mass is 241 g/mol. The Labute approximate surface area is 100 Å². The molecule has 0 aromatic rings. The fourth-order valence-corrected chi connectivity index (χ4v) is 2.72. The van der Waals surface area contributed by atoms with Crippen LogP contribution >= 0.6 is 0 Å². The molecule has 2 rings (SSSR count). The van der Waals surface area contributed by atoms with E-state index in [1.54, 1.807) is 11.8 Å². The number of likely N-dealkylation sites (tertiary alicyclic amines) is 1. The molecular weight excluding hydrogens is 222 g/mol. The molecule has 1 heterocycles. The van der Waals surface area contributed by atoms with Crippen LogP contribution in [0.15, 0.2) is 0 Å². The predicted octanol–water partition coefficient (Wildman–Crippen LogP) is 0.471. The zero-order chi connectivity index (χ0) is 12.6. The van der Waals surface area contributed by atoms with E-state index in [9.17, 15) is 19.8 Å². The van der Waals surface area contributed by atoms with Crippen LogP contribution in [0.3, 0.4) is 0 Å². The van der Waals surface area contributed by atoms with Gasteiger partial charge < -0.3 is 15.1 Å². The van der Waals surface area contributed by atoms with Gasteiger partial charge in [0.15, 0.2) is 0 Å². The van der Waals surface area contributed by atoms with Crippen molar-refractivity contribution in [3.8, 4) is 0 Å². The number of hydrogen-bond donors (Lipinski definition) is 2. The molecule has 5 nitrogen and oxygen atoms in total. The normalized spacial score (nSPS) is 28.6. The van der Waals surface area contributed by atoms with Crippen molar-refractivity contribution >= 4 is 11.9 Å². The van der Waals surface area contributed by atoms with Gasteiger partial charge in [-0.15, -0.1) is 0 Å². The van der Waals surface area contributed by atoms with Crippen molar-refractivity contribution in [3.05, 3.63) is 0 Å². The van der Waals surface area contributed by atoms with E-state index in [2.05, 4.69) is 0 Å². The van der Waals surface area contributed by atoms with E-state index in [1.807, 2.05) is 0 Å². The molecule has 1 saturated heterocycles. The first kappa shape index (κ1) is 12.4. The number of carboxylic acid groups (broad SMARTS) is 1. The van der Waals surface area contributed by atoms with Crippen molar-refractivity contribution in [2.45, 2.75) is 38.7 Å². The van der Waals surface area contributed by atoms with E-state index in [0.717, 1.165) is 12.8 Å². The number of aliphatic hydroxyl groups excluding tert-OH is 1. The minimum Gasteiger partial charge on any atom is -0.480 e. The number of aliphatic carboxylic acids is 1. The standard InChI is InChI=1S/C12H19NO4/c1-8(14)9-3-6-13(7-9)10(15)12(11(16)17)4-2-5-12/h8-9,14H,2-7H2,1H3,(H,16,17). The minimum absolute atomic E-state index is 0.0878. The van der Waals surface area contributed by atoms with Gasteiger partial charge in [0.1, 0.15) is 5.41 Å². The highest BCUT2D eigenvalue weighted by molar-refractivity contribution is 6.02. The molecule has 2 atom stereocenters. The Bertz CT molecular complexity index is 335. The van der Waals surface area contributed by atoms with Gasteiger partial charge >= 0.3 is 5.97 Å². The Morgan fingerprint density at radius 3 is 2.41 bits per heavy atom. The van der Waals surface area contributed by atoms with Crippen LogP contribution in [0.2, 0.25) is 0 Å². The number of carboxylic acids is 1. The number of nitrogens with zero attached hydrogens (tertiary/aromatic N) is 1. The fraction of sp³-hybridized carbons (Fsp3) is 0.833. The molecule has 2 unspecified atom stereocenters. The molecule has 0 aromatic heterocycles. The average Bonchev–Trinajstić information content (AvgIpc) is 2.63. The number of rotatable bonds is 3. The third-order valence-corrected chi connectivity index (χ3v) is 4.22. The van der Waals surface area contributed by atoms with Gasteiger partial charge in [-0.3, -0.25) is 9.59 Å². The van der Waals surface area contributed by atoms with Crippen LogP contribution in [0.1, 0.15) is 32.6 Å². The molecule has 1 aliphatic heterocycles. The summed E-state index contributed by atoms with van der Waals surface area (Å²) in [6, 6.07) is 0. The van der Waals surface area contributed by atoms with Gasteiger partial charge in [-0.1, -0.05) is 6.42 Å². The first-order chi connectivity index (χ1) is 7.97. The van der Waals surface area contributed by atoms with Crippen LogP contribution in [0, 0.1) is 11.3 Å². The van der Waals surface area contributed by atoms with Crippen molar-refractivity contribution < 1.29 is 19.8 Å². The predicted molar refractivity (Wildman–Crippen MR) is 60.3 cm³/mol. The van der Waals surface area contributed by atoms with Gasteiger partial charge in [0, 0.05) is 19.0 Å². The third-order valence-electron chi connectivity index (χ3n) is 4.22. The Morgan fingerprint density at radius 2 is 2.06 bits per heavy atom. The van der Waals surface area contributed by atoms with Crippen molar-refractivity contribution in [1.29, 1.82) is 0 Å². The topological polar surface area (TPSA) is 77.8 Å². The maximum Gasteiger partial charge on any atom is 0.319 e. The lowest BCUT2D eigenvalue weighted by Crippen LogP contribution is -2.52. The molecule has 2 fully saturated rings. The zero-order valence-electron chi connectivity index (χ0n) is 10.1. The number of aliphatic hydroxyl groups is 1. The van der Waals surface area contributed by atoms with E-state index < -0.39 is 17.5 Å². The van der Waals surface area contributed by atoms with E-state index in [4.69, 9.17) is 0 Å². The Hall–Kier alpha value is -1.10. The molecule has 2 aliphatic rings. The van der Waals surface area contributed by atoms with Crippen LogP contribution in [0.25, 0.3) is 0 Å². The van der Waals surface area contributed by atoms with Gasteiger partial charge in [-0.2, -0.15) is 0 Å². The molecule has 2 N–H and O–H groups in total. The summed E-state index contributed by atoms with van der Waals surface area (Å²) in [4.78, 5) is 25.1. The van der Waals surface area contributed by atoms with Crippen LogP contribution in [-0.4, -0.2) is 46.2 Å². The molecular formula is C12H19NO4. The maximum atomic E-state index is 12.2. The summed E-state index contributed by atoms with van der Waals surface area (Å²) < 4.78 is 0. The smallest absolute Gasteiger partial charge is 0.319 e. The van der Waals surface area contributed by atoms with Crippen LogP contribution in [0.4, 0.5) is 0 Å². The second kappa shape index (κ2) is 4.29. The summed E-state index contributed by atoms with van der Waals surface area (Å²) in [6.07, 6.45) is 2.05. The van der Waals surface area contributed by atoms with E-state index in [1.165, 1.54) is 0 Å². The lowest BCUT2D eigenvalue weighted by molar-refractivity contribution is -0.167. The molecule has 0 spiro atoms. The van der Waals surface area contributed by atoms with E-state index in [0.29, 0.717) is 25.9 Å². The summed E-state index contributed by atoms with van der Waals surface area (Å²) in [5, 5.41) is 18.7. The second-order valence-electron chi connectivity index (χ2n) is 5.28. The summed E-state index contributed by atoms with van der Waals surface area (Å²) in [7, 11) is 0. The lowest BCUT2D eigenvalue weighted by Gasteiger charge is -2.38. The largest absolute Gasteiger partial charge is 0.480 e. The molecule has 0 radical (unpaired) electrons. The molecule has 1 aliphatic carbocycles. The van der Waals surface area contributed by atoms with Gasteiger partial charge in [0.2, 0.25) is 5.91 Å². The van der Waals surface area contributed by atoms with Crippen LogP contribution in [0.5, 0.6) is 0 Å². The fourth-order valence-electron chi connectivity index (χ4n) is 2.72. The summed E-state index contributed by atoms with van der Waals surface area (Å²) in [5.41, 5.74) is -1.16. The number of carbonyl (C=O) groups is 2. The molecule has 96 valence electrons. The molecule has 5 heteroatoms. The van der Waals surface area contributed by atoms with Gasteiger partial charge in [-0.25, -0.2) is 0 Å². The second-order valence-corrected chi connectivity index (χ2v) is 5.28. The average molecular weight is 241 g/mol. The highest BCUT2D eigenvalue weighted by Crippen LogP contribution is 2.43. The molecule has 1 saturated carbocycles. The van der Waals surface area contributed by atoms with Crippen molar-refractivity contribution in [3.63, 3.8) is 0 Å². The van der Waals surface area contributed by atoms with Gasteiger partial charge in [0.05, 0.1) is 6.10 Å². The number of amides is 1. The minimum atomic E-state index is -1.16. The Kier molecular flexibility index (Phi) is 3.12. The quantitative estimate of drug-likeness (QED) is 0.704. The lowest BCUT2D eigenvalue weighted by atomic mass is 9.68. The summed E-state index contributed by atoms with van der Waals surface area (Å²) in [5.74, 6) is -1.15. The van der Waals surface area contributed by atoms with E-state index in [-0.39, 0.29) is 11.8 Å². The molecule has 0 bridgehead atoms.